The molecule has 0 spiro atoms. The largest absolute Gasteiger partial charge is 0.480 e. The number of methoxy groups -OCH3 is 1. The summed E-state index contributed by atoms with van der Waals surface area (Å²) < 4.78 is 5.26. The van der Waals surface area contributed by atoms with Gasteiger partial charge in [0.1, 0.15) is 0 Å². The fourth-order valence-corrected chi connectivity index (χ4v) is 1.62. The SMILES string of the molecule is COC1=Nc2ccccc2/C1=C\N(C)C. The lowest BCUT2D eigenvalue weighted by Crippen LogP contribution is -2.07. The van der Waals surface area contributed by atoms with Crippen LogP contribution < -0.4 is 0 Å². The summed E-state index contributed by atoms with van der Waals surface area (Å²) in [7, 11) is 5.62. The molecule has 1 aliphatic rings. The highest BCUT2D eigenvalue weighted by molar-refractivity contribution is 6.24. The molecule has 2 rings (SSSR count). The smallest absolute Gasteiger partial charge is 0.223 e. The van der Waals surface area contributed by atoms with E-state index in [0.717, 1.165) is 16.8 Å². The molecule has 0 fully saturated rings. The van der Waals surface area contributed by atoms with Crippen molar-refractivity contribution in [1.29, 1.82) is 0 Å². The van der Waals surface area contributed by atoms with E-state index in [1.165, 1.54) is 0 Å². The van der Waals surface area contributed by atoms with Gasteiger partial charge in [0.15, 0.2) is 0 Å². The molecule has 0 unspecified atom stereocenters. The van der Waals surface area contributed by atoms with Crippen molar-refractivity contribution in [2.45, 2.75) is 0 Å². The molecule has 1 aliphatic heterocycles. The van der Waals surface area contributed by atoms with Gasteiger partial charge in [0, 0.05) is 25.9 Å². The molecule has 0 bridgehead atoms. The summed E-state index contributed by atoms with van der Waals surface area (Å²) in [6.45, 7) is 0. The monoisotopic (exact) mass is 202 g/mol. The Balaban J connectivity index is 2.50. The molecule has 0 saturated heterocycles. The van der Waals surface area contributed by atoms with Crippen LogP contribution in [0.4, 0.5) is 5.69 Å². The van der Waals surface area contributed by atoms with Crippen molar-refractivity contribution in [3.05, 3.63) is 36.0 Å². The van der Waals surface area contributed by atoms with Crippen molar-refractivity contribution in [3.8, 4) is 0 Å². The van der Waals surface area contributed by atoms with E-state index in [4.69, 9.17) is 4.74 Å². The molecule has 0 aliphatic carbocycles. The topological polar surface area (TPSA) is 24.8 Å². The molecule has 3 nitrogen and oxygen atoms in total. The highest BCUT2D eigenvalue weighted by Crippen LogP contribution is 2.34. The highest BCUT2D eigenvalue weighted by atomic mass is 16.5. The summed E-state index contributed by atoms with van der Waals surface area (Å²) in [5.74, 6) is 0.685. The quantitative estimate of drug-likeness (QED) is 0.698. The second kappa shape index (κ2) is 3.77. The first kappa shape index (κ1) is 9.77. The van der Waals surface area contributed by atoms with E-state index in [1.54, 1.807) is 7.11 Å². The summed E-state index contributed by atoms with van der Waals surface area (Å²) in [4.78, 5) is 6.40. The van der Waals surface area contributed by atoms with Crippen molar-refractivity contribution in [2.24, 2.45) is 4.99 Å². The number of fused-ring (bicyclic) bond motifs is 1. The number of hydrogen-bond acceptors (Lipinski definition) is 3. The number of aliphatic imine (C=N–C) groups is 1. The van der Waals surface area contributed by atoms with Crippen LogP contribution in [0.2, 0.25) is 0 Å². The van der Waals surface area contributed by atoms with E-state index in [-0.39, 0.29) is 0 Å². The number of nitrogens with zero attached hydrogens (tertiary/aromatic N) is 2. The number of rotatable bonds is 1. The van der Waals surface area contributed by atoms with Gasteiger partial charge in [0.25, 0.3) is 0 Å². The number of ether oxygens (including phenoxy) is 1. The first-order valence-electron chi connectivity index (χ1n) is 4.83. The molecule has 1 aromatic rings. The molecule has 15 heavy (non-hydrogen) atoms. The van der Waals surface area contributed by atoms with Crippen LogP contribution in [0.1, 0.15) is 5.56 Å². The van der Waals surface area contributed by atoms with E-state index in [9.17, 15) is 0 Å². The molecule has 0 N–H and O–H groups in total. The Bertz CT molecular complexity index is 433. The third-order valence-electron chi connectivity index (χ3n) is 2.23. The minimum absolute atomic E-state index is 0.685. The fraction of sp³-hybridized carbons (Fsp3) is 0.250. The molecule has 0 saturated carbocycles. The summed E-state index contributed by atoms with van der Waals surface area (Å²) in [5, 5.41) is 0. The Morgan fingerprint density at radius 2 is 2.00 bits per heavy atom. The van der Waals surface area contributed by atoms with Crippen LogP contribution in [0.5, 0.6) is 0 Å². The van der Waals surface area contributed by atoms with Crippen LogP contribution in [0.3, 0.4) is 0 Å². The Morgan fingerprint density at radius 1 is 1.27 bits per heavy atom. The van der Waals surface area contributed by atoms with Crippen LogP contribution >= 0.6 is 0 Å². The summed E-state index contributed by atoms with van der Waals surface area (Å²) in [5.41, 5.74) is 3.14. The van der Waals surface area contributed by atoms with Crippen LogP contribution in [0, 0.1) is 0 Å². The third-order valence-corrected chi connectivity index (χ3v) is 2.23. The van der Waals surface area contributed by atoms with Gasteiger partial charge in [-0.3, -0.25) is 0 Å². The zero-order valence-corrected chi connectivity index (χ0v) is 9.19. The zero-order valence-electron chi connectivity index (χ0n) is 9.19. The molecular formula is C12H14N2O. The maximum Gasteiger partial charge on any atom is 0.223 e. The van der Waals surface area contributed by atoms with E-state index < -0.39 is 0 Å². The lowest BCUT2D eigenvalue weighted by atomic mass is 10.1. The lowest BCUT2D eigenvalue weighted by Gasteiger charge is -2.09. The molecule has 0 aromatic heterocycles. The van der Waals surface area contributed by atoms with E-state index in [2.05, 4.69) is 11.1 Å². The Hall–Kier alpha value is -1.77. The molecule has 78 valence electrons. The number of hydrogen-bond donors (Lipinski definition) is 0. The summed E-state index contributed by atoms with van der Waals surface area (Å²) >= 11 is 0. The van der Waals surface area contributed by atoms with E-state index >= 15 is 0 Å². The molecule has 0 radical (unpaired) electrons. The number of benzene rings is 1. The maximum atomic E-state index is 5.26. The zero-order chi connectivity index (χ0) is 10.8. The van der Waals surface area contributed by atoms with Gasteiger partial charge in [-0.15, -0.1) is 0 Å². The fourth-order valence-electron chi connectivity index (χ4n) is 1.62. The predicted octanol–water partition coefficient (Wildman–Crippen LogP) is 2.28. The molecular weight excluding hydrogens is 188 g/mol. The third kappa shape index (κ3) is 1.73. The van der Waals surface area contributed by atoms with Crippen molar-refractivity contribution in [2.75, 3.05) is 21.2 Å². The van der Waals surface area contributed by atoms with Crippen LogP contribution in [0.25, 0.3) is 5.57 Å². The second-order valence-electron chi connectivity index (χ2n) is 3.64. The van der Waals surface area contributed by atoms with Crippen molar-refractivity contribution >= 4 is 17.2 Å². The van der Waals surface area contributed by atoms with Crippen LogP contribution in [-0.2, 0) is 4.74 Å². The van der Waals surface area contributed by atoms with Crippen molar-refractivity contribution in [1.82, 2.24) is 4.90 Å². The Labute approximate surface area is 89.7 Å². The van der Waals surface area contributed by atoms with Gasteiger partial charge in [-0.2, -0.15) is 0 Å². The second-order valence-corrected chi connectivity index (χ2v) is 3.64. The van der Waals surface area contributed by atoms with Crippen LogP contribution in [-0.4, -0.2) is 32.0 Å². The predicted molar refractivity (Wildman–Crippen MR) is 62.2 cm³/mol. The van der Waals surface area contributed by atoms with Gasteiger partial charge >= 0.3 is 0 Å². The number of para-hydroxylation sites is 1. The average molecular weight is 202 g/mol. The van der Waals surface area contributed by atoms with Gasteiger partial charge in [0.2, 0.25) is 5.90 Å². The summed E-state index contributed by atoms with van der Waals surface area (Å²) in [6, 6.07) is 8.04. The molecule has 3 heteroatoms. The Morgan fingerprint density at radius 3 is 2.67 bits per heavy atom. The molecule has 0 amide bonds. The van der Waals surface area contributed by atoms with Gasteiger partial charge in [-0.1, -0.05) is 18.2 Å². The minimum atomic E-state index is 0.685. The standard InChI is InChI=1S/C12H14N2O/c1-14(2)8-10-9-6-4-5-7-11(9)13-12(10)15-3/h4-8H,1-3H3/b10-8+. The van der Waals surface area contributed by atoms with Gasteiger partial charge in [-0.25, -0.2) is 4.99 Å². The average Bonchev–Trinajstić information content (AvgIpc) is 2.56. The normalized spacial score (nSPS) is 16.2. The first-order chi connectivity index (χ1) is 7.22. The van der Waals surface area contributed by atoms with Crippen molar-refractivity contribution < 1.29 is 4.74 Å². The van der Waals surface area contributed by atoms with E-state index in [0.29, 0.717) is 5.90 Å². The highest BCUT2D eigenvalue weighted by Gasteiger charge is 2.20. The lowest BCUT2D eigenvalue weighted by molar-refractivity contribution is 0.409. The molecule has 1 aromatic carbocycles. The first-order valence-corrected chi connectivity index (χ1v) is 4.83. The van der Waals surface area contributed by atoms with E-state index in [1.807, 2.05) is 43.4 Å². The maximum absolute atomic E-state index is 5.26. The van der Waals surface area contributed by atoms with Gasteiger partial charge < -0.3 is 9.64 Å². The molecule has 1 heterocycles. The Kier molecular flexibility index (Phi) is 2.46. The van der Waals surface area contributed by atoms with Crippen molar-refractivity contribution in [3.63, 3.8) is 0 Å². The van der Waals surface area contributed by atoms with Gasteiger partial charge in [0.05, 0.1) is 18.4 Å². The van der Waals surface area contributed by atoms with Gasteiger partial charge in [-0.05, 0) is 6.07 Å². The minimum Gasteiger partial charge on any atom is -0.480 e. The molecule has 0 atom stereocenters. The van der Waals surface area contributed by atoms with Crippen LogP contribution in [0.15, 0.2) is 35.5 Å². The summed E-state index contributed by atoms with van der Waals surface area (Å²) in [6.07, 6.45) is 2.02.